The summed E-state index contributed by atoms with van der Waals surface area (Å²) in [5, 5.41) is 0. The molecule has 2 N–H and O–H groups in total. The van der Waals surface area contributed by atoms with E-state index in [1.54, 1.807) is 0 Å². The highest BCUT2D eigenvalue weighted by Crippen LogP contribution is 2.16. The minimum atomic E-state index is -0.0201. The SMILES string of the molecule is CCC(C)OCC(N)c1ccc(C)c(C)c1. The van der Waals surface area contributed by atoms with E-state index < -0.39 is 0 Å². The molecule has 0 aromatic heterocycles. The fourth-order valence-electron chi connectivity index (χ4n) is 1.48. The molecule has 2 heteroatoms. The Morgan fingerprint density at radius 3 is 2.50 bits per heavy atom. The van der Waals surface area contributed by atoms with Crippen molar-refractivity contribution in [1.29, 1.82) is 0 Å². The molecule has 1 rings (SSSR count). The highest BCUT2D eigenvalue weighted by atomic mass is 16.5. The third kappa shape index (κ3) is 3.62. The Hall–Kier alpha value is -0.860. The topological polar surface area (TPSA) is 35.2 Å². The fourth-order valence-corrected chi connectivity index (χ4v) is 1.48. The van der Waals surface area contributed by atoms with Crippen LogP contribution in [-0.2, 0) is 4.74 Å². The normalized spacial score (nSPS) is 14.8. The lowest BCUT2D eigenvalue weighted by molar-refractivity contribution is 0.0539. The Bertz CT molecular complexity index is 336. The van der Waals surface area contributed by atoms with E-state index in [-0.39, 0.29) is 12.1 Å². The number of hydrogen-bond acceptors (Lipinski definition) is 2. The Morgan fingerprint density at radius 1 is 1.25 bits per heavy atom. The average molecular weight is 221 g/mol. The van der Waals surface area contributed by atoms with Gasteiger partial charge in [-0.1, -0.05) is 25.1 Å². The molecular formula is C14H23NO. The van der Waals surface area contributed by atoms with Crippen LogP contribution in [0.15, 0.2) is 18.2 Å². The number of rotatable bonds is 5. The lowest BCUT2D eigenvalue weighted by Gasteiger charge is -2.17. The summed E-state index contributed by atoms with van der Waals surface area (Å²) in [6, 6.07) is 6.34. The first-order chi connectivity index (χ1) is 7.54. The maximum atomic E-state index is 6.09. The quantitative estimate of drug-likeness (QED) is 0.829. The van der Waals surface area contributed by atoms with Gasteiger partial charge in [-0.05, 0) is 43.9 Å². The molecule has 0 spiro atoms. The Morgan fingerprint density at radius 2 is 1.94 bits per heavy atom. The number of hydrogen-bond donors (Lipinski definition) is 1. The lowest BCUT2D eigenvalue weighted by atomic mass is 10.0. The van der Waals surface area contributed by atoms with Crippen LogP contribution in [-0.4, -0.2) is 12.7 Å². The monoisotopic (exact) mass is 221 g/mol. The molecule has 0 radical (unpaired) electrons. The highest BCUT2D eigenvalue weighted by Gasteiger charge is 2.08. The van der Waals surface area contributed by atoms with Gasteiger partial charge in [0.1, 0.15) is 0 Å². The molecule has 1 aromatic rings. The van der Waals surface area contributed by atoms with Gasteiger partial charge in [0.2, 0.25) is 0 Å². The summed E-state index contributed by atoms with van der Waals surface area (Å²) < 4.78 is 5.65. The molecule has 2 atom stereocenters. The maximum Gasteiger partial charge on any atom is 0.0662 e. The highest BCUT2D eigenvalue weighted by molar-refractivity contribution is 5.31. The second-order valence-corrected chi connectivity index (χ2v) is 4.50. The largest absolute Gasteiger partial charge is 0.377 e. The zero-order chi connectivity index (χ0) is 12.1. The predicted molar refractivity (Wildman–Crippen MR) is 68.5 cm³/mol. The van der Waals surface area contributed by atoms with Crippen LogP contribution in [0.25, 0.3) is 0 Å². The molecule has 0 aliphatic rings. The molecular weight excluding hydrogens is 198 g/mol. The number of aryl methyl sites for hydroxylation is 2. The van der Waals surface area contributed by atoms with Gasteiger partial charge in [0, 0.05) is 0 Å². The van der Waals surface area contributed by atoms with Gasteiger partial charge in [-0.15, -0.1) is 0 Å². The van der Waals surface area contributed by atoms with Gasteiger partial charge < -0.3 is 10.5 Å². The maximum absolute atomic E-state index is 6.09. The molecule has 0 fully saturated rings. The second kappa shape index (κ2) is 6.02. The van der Waals surface area contributed by atoms with Crippen molar-refractivity contribution < 1.29 is 4.74 Å². The van der Waals surface area contributed by atoms with Gasteiger partial charge in [0.05, 0.1) is 18.8 Å². The summed E-state index contributed by atoms with van der Waals surface area (Å²) in [6.45, 7) is 9.01. The summed E-state index contributed by atoms with van der Waals surface area (Å²) in [5.41, 5.74) is 9.84. The number of ether oxygens (including phenoxy) is 1. The van der Waals surface area contributed by atoms with Gasteiger partial charge in [0.25, 0.3) is 0 Å². The van der Waals surface area contributed by atoms with E-state index in [4.69, 9.17) is 10.5 Å². The van der Waals surface area contributed by atoms with Gasteiger partial charge in [0.15, 0.2) is 0 Å². The average Bonchev–Trinajstić information content (AvgIpc) is 2.29. The molecule has 1 aromatic carbocycles. The first-order valence-electron chi connectivity index (χ1n) is 5.99. The summed E-state index contributed by atoms with van der Waals surface area (Å²) in [4.78, 5) is 0. The third-order valence-corrected chi connectivity index (χ3v) is 3.09. The fraction of sp³-hybridized carbons (Fsp3) is 0.571. The molecule has 0 aliphatic carbocycles. The Kier molecular flexibility index (Phi) is 4.97. The molecule has 0 heterocycles. The molecule has 2 nitrogen and oxygen atoms in total. The molecule has 16 heavy (non-hydrogen) atoms. The first kappa shape index (κ1) is 13.2. The van der Waals surface area contributed by atoms with Crippen LogP contribution in [0, 0.1) is 13.8 Å². The van der Waals surface area contributed by atoms with Crippen molar-refractivity contribution in [2.24, 2.45) is 5.73 Å². The zero-order valence-electron chi connectivity index (χ0n) is 10.8. The van der Waals surface area contributed by atoms with Crippen molar-refractivity contribution in [2.45, 2.75) is 46.3 Å². The minimum Gasteiger partial charge on any atom is -0.377 e. The van der Waals surface area contributed by atoms with E-state index in [1.165, 1.54) is 11.1 Å². The summed E-state index contributed by atoms with van der Waals surface area (Å²) >= 11 is 0. The second-order valence-electron chi connectivity index (χ2n) is 4.50. The van der Waals surface area contributed by atoms with E-state index in [2.05, 4.69) is 45.9 Å². The van der Waals surface area contributed by atoms with E-state index in [1.807, 2.05) is 0 Å². The van der Waals surface area contributed by atoms with Crippen molar-refractivity contribution in [2.75, 3.05) is 6.61 Å². The zero-order valence-corrected chi connectivity index (χ0v) is 10.8. The molecule has 0 aliphatic heterocycles. The molecule has 2 unspecified atom stereocenters. The molecule has 0 saturated heterocycles. The molecule has 0 bridgehead atoms. The number of benzene rings is 1. The van der Waals surface area contributed by atoms with E-state index in [9.17, 15) is 0 Å². The Balaban J connectivity index is 2.59. The summed E-state index contributed by atoms with van der Waals surface area (Å²) in [5.74, 6) is 0. The van der Waals surface area contributed by atoms with Crippen molar-refractivity contribution in [3.8, 4) is 0 Å². The summed E-state index contributed by atoms with van der Waals surface area (Å²) in [7, 11) is 0. The third-order valence-electron chi connectivity index (χ3n) is 3.09. The lowest BCUT2D eigenvalue weighted by Crippen LogP contribution is -2.20. The van der Waals surface area contributed by atoms with Crippen LogP contribution in [0.3, 0.4) is 0 Å². The molecule has 0 amide bonds. The van der Waals surface area contributed by atoms with Gasteiger partial charge in [-0.3, -0.25) is 0 Å². The van der Waals surface area contributed by atoms with Crippen molar-refractivity contribution in [3.63, 3.8) is 0 Å². The van der Waals surface area contributed by atoms with Gasteiger partial charge in [-0.2, -0.15) is 0 Å². The van der Waals surface area contributed by atoms with Gasteiger partial charge in [-0.25, -0.2) is 0 Å². The Labute approximate surface area is 98.8 Å². The van der Waals surface area contributed by atoms with Crippen LogP contribution >= 0.6 is 0 Å². The van der Waals surface area contributed by atoms with Crippen molar-refractivity contribution in [1.82, 2.24) is 0 Å². The van der Waals surface area contributed by atoms with Crippen LogP contribution in [0.2, 0.25) is 0 Å². The van der Waals surface area contributed by atoms with Gasteiger partial charge >= 0.3 is 0 Å². The first-order valence-corrected chi connectivity index (χ1v) is 5.99. The molecule has 0 saturated carbocycles. The van der Waals surface area contributed by atoms with Crippen LogP contribution in [0.4, 0.5) is 0 Å². The smallest absolute Gasteiger partial charge is 0.0662 e. The molecule has 90 valence electrons. The van der Waals surface area contributed by atoms with Crippen molar-refractivity contribution in [3.05, 3.63) is 34.9 Å². The van der Waals surface area contributed by atoms with E-state index in [0.29, 0.717) is 6.61 Å². The van der Waals surface area contributed by atoms with Crippen molar-refractivity contribution >= 4 is 0 Å². The standard InChI is InChI=1S/C14H23NO/c1-5-12(4)16-9-14(15)13-7-6-10(2)11(3)8-13/h6-8,12,14H,5,9,15H2,1-4H3. The number of nitrogens with two attached hydrogens (primary N) is 1. The predicted octanol–water partition coefficient (Wildman–Crippen LogP) is 3.12. The van der Waals surface area contributed by atoms with Crippen LogP contribution in [0.5, 0.6) is 0 Å². The summed E-state index contributed by atoms with van der Waals surface area (Å²) in [6.07, 6.45) is 1.32. The van der Waals surface area contributed by atoms with E-state index in [0.717, 1.165) is 12.0 Å². The van der Waals surface area contributed by atoms with E-state index >= 15 is 0 Å². The van der Waals surface area contributed by atoms with Crippen LogP contribution < -0.4 is 5.73 Å². The van der Waals surface area contributed by atoms with Crippen LogP contribution in [0.1, 0.15) is 43.0 Å². The minimum absolute atomic E-state index is 0.0201.